The highest BCUT2D eigenvalue weighted by atomic mass is 15.1. The average Bonchev–Trinajstić information content (AvgIpc) is 2.98. The van der Waals surface area contributed by atoms with E-state index in [1.54, 1.807) is 0 Å². The van der Waals surface area contributed by atoms with Crippen molar-refractivity contribution in [1.29, 1.82) is 0 Å². The molecule has 4 heteroatoms. The number of aromatic nitrogens is 3. The molecule has 0 aromatic carbocycles. The molecule has 2 heterocycles. The van der Waals surface area contributed by atoms with Crippen molar-refractivity contribution in [1.82, 2.24) is 14.5 Å². The van der Waals surface area contributed by atoms with E-state index in [-0.39, 0.29) is 0 Å². The van der Waals surface area contributed by atoms with E-state index in [0.29, 0.717) is 11.9 Å². The van der Waals surface area contributed by atoms with Crippen LogP contribution in [0.2, 0.25) is 0 Å². The molecule has 0 aliphatic heterocycles. The Bertz CT molecular complexity index is 514. The summed E-state index contributed by atoms with van der Waals surface area (Å²) in [5.74, 6) is 1.36. The van der Waals surface area contributed by atoms with Gasteiger partial charge in [-0.1, -0.05) is 13.3 Å². The number of nitrogens with zero attached hydrogens (tertiary/aromatic N) is 3. The first-order valence-electron chi connectivity index (χ1n) is 6.03. The van der Waals surface area contributed by atoms with E-state index >= 15 is 0 Å². The third kappa shape index (κ3) is 1.79. The fraction of sp³-hybridized carbons (Fsp3) is 0.385. The molecule has 1 fully saturated rings. The minimum atomic E-state index is 0.553. The summed E-state index contributed by atoms with van der Waals surface area (Å²) >= 11 is 0. The highest BCUT2D eigenvalue weighted by Gasteiger charge is 2.37. The van der Waals surface area contributed by atoms with E-state index < -0.39 is 0 Å². The zero-order valence-electron chi connectivity index (χ0n) is 9.87. The Hall–Kier alpha value is -1.84. The van der Waals surface area contributed by atoms with Gasteiger partial charge >= 0.3 is 0 Å². The standard InChI is InChI=1S/C13H16N4/c1-2-9-5-11(9)17-8-15-7-12(17)10-3-4-13(14)16-6-10/h3-4,6-9,11H,2,5H2,1H3,(H2,14,16). The van der Waals surface area contributed by atoms with Gasteiger partial charge in [0.1, 0.15) is 5.82 Å². The fourth-order valence-corrected chi connectivity index (χ4v) is 2.36. The van der Waals surface area contributed by atoms with Crippen molar-refractivity contribution in [3.05, 3.63) is 30.9 Å². The Morgan fingerprint density at radius 1 is 1.41 bits per heavy atom. The molecule has 0 spiro atoms. The molecular weight excluding hydrogens is 212 g/mol. The van der Waals surface area contributed by atoms with Crippen LogP contribution in [-0.2, 0) is 0 Å². The summed E-state index contributed by atoms with van der Waals surface area (Å²) in [6.07, 6.45) is 8.14. The first-order chi connectivity index (χ1) is 8.29. The van der Waals surface area contributed by atoms with Gasteiger partial charge in [0, 0.05) is 17.8 Å². The number of pyridine rings is 1. The number of anilines is 1. The van der Waals surface area contributed by atoms with Gasteiger partial charge in [0.2, 0.25) is 0 Å². The van der Waals surface area contributed by atoms with Gasteiger partial charge in [-0.15, -0.1) is 0 Å². The van der Waals surface area contributed by atoms with Gasteiger partial charge in [0.15, 0.2) is 0 Å². The second-order valence-corrected chi connectivity index (χ2v) is 4.63. The van der Waals surface area contributed by atoms with Crippen molar-refractivity contribution in [3.8, 4) is 11.3 Å². The summed E-state index contributed by atoms with van der Waals surface area (Å²) in [7, 11) is 0. The van der Waals surface area contributed by atoms with Crippen molar-refractivity contribution < 1.29 is 0 Å². The number of nitrogens with two attached hydrogens (primary N) is 1. The predicted octanol–water partition coefficient (Wildman–Crippen LogP) is 2.50. The van der Waals surface area contributed by atoms with Crippen molar-refractivity contribution in [2.75, 3.05) is 5.73 Å². The van der Waals surface area contributed by atoms with Crippen LogP contribution in [0.25, 0.3) is 11.3 Å². The van der Waals surface area contributed by atoms with E-state index in [9.17, 15) is 0 Å². The average molecular weight is 228 g/mol. The molecule has 2 aromatic rings. The van der Waals surface area contributed by atoms with Crippen LogP contribution in [0.4, 0.5) is 5.82 Å². The zero-order chi connectivity index (χ0) is 11.8. The minimum absolute atomic E-state index is 0.553. The number of hydrogen-bond donors (Lipinski definition) is 1. The molecule has 4 nitrogen and oxygen atoms in total. The van der Waals surface area contributed by atoms with E-state index in [1.165, 1.54) is 12.8 Å². The van der Waals surface area contributed by atoms with Gasteiger partial charge in [0.25, 0.3) is 0 Å². The Labute approximate surface area is 101 Å². The van der Waals surface area contributed by atoms with Crippen molar-refractivity contribution in [2.45, 2.75) is 25.8 Å². The zero-order valence-corrected chi connectivity index (χ0v) is 9.87. The van der Waals surface area contributed by atoms with Crippen LogP contribution in [-0.4, -0.2) is 14.5 Å². The quantitative estimate of drug-likeness (QED) is 0.878. The highest BCUT2D eigenvalue weighted by Crippen LogP contribution is 2.47. The molecule has 88 valence electrons. The van der Waals surface area contributed by atoms with Crippen molar-refractivity contribution in [3.63, 3.8) is 0 Å². The fourth-order valence-electron chi connectivity index (χ4n) is 2.36. The third-order valence-corrected chi connectivity index (χ3v) is 3.52. The molecule has 1 aliphatic rings. The van der Waals surface area contributed by atoms with Gasteiger partial charge < -0.3 is 10.3 Å². The highest BCUT2D eigenvalue weighted by molar-refractivity contribution is 5.59. The van der Waals surface area contributed by atoms with Crippen molar-refractivity contribution in [2.24, 2.45) is 5.92 Å². The Kier molecular flexibility index (Phi) is 2.35. The molecule has 2 atom stereocenters. The van der Waals surface area contributed by atoms with Gasteiger partial charge in [-0.3, -0.25) is 0 Å². The van der Waals surface area contributed by atoms with Gasteiger partial charge in [-0.25, -0.2) is 9.97 Å². The SMILES string of the molecule is CCC1CC1n1cncc1-c1ccc(N)nc1. The molecule has 0 amide bonds. The number of nitrogen functional groups attached to an aromatic ring is 1. The predicted molar refractivity (Wildman–Crippen MR) is 67.3 cm³/mol. The van der Waals surface area contributed by atoms with Gasteiger partial charge in [-0.05, 0) is 24.5 Å². The molecule has 0 radical (unpaired) electrons. The molecule has 0 saturated heterocycles. The second kappa shape index (κ2) is 3.87. The maximum absolute atomic E-state index is 5.60. The topological polar surface area (TPSA) is 56.7 Å². The minimum Gasteiger partial charge on any atom is -0.384 e. The second-order valence-electron chi connectivity index (χ2n) is 4.63. The molecule has 1 aliphatic carbocycles. The van der Waals surface area contributed by atoms with Crippen LogP contribution >= 0.6 is 0 Å². The van der Waals surface area contributed by atoms with Crippen LogP contribution in [0, 0.1) is 5.92 Å². The normalized spacial score (nSPS) is 22.6. The number of imidazole rings is 1. The van der Waals surface area contributed by atoms with E-state index in [4.69, 9.17) is 5.73 Å². The first-order valence-corrected chi connectivity index (χ1v) is 6.03. The molecule has 1 saturated carbocycles. The lowest BCUT2D eigenvalue weighted by molar-refractivity contribution is 0.644. The number of rotatable bonds is 3. The Balaban J connectivity index is 1.94. The summed E-state index contributed by atoms with van der Waals surface area (Å²) in [4.78, 5) is 8.39. The lowest BCUT2D eigenvalue weighted by Gasteiger charge is -2.07. The molecule has 0 bridgehead atoms. The van der Waals surface area contributed by atoms with Crippen LogP contribution in [0.15, 0.2) is 30.9 Å². The molecular formula is C13H16N4. The first kappa shape index (κ1) is 10.3. The number of hydrogen-bond acceptors (Lipinski definition) is 3. The van der Waals surface area contributed by atoms with E-state index in [1.807, 2.05) is 30.9 Å². The van der Waals surface area contributed by atoms with Crippen LogP contribution in [0.5, 0.6) is 0 Å². The van der Waals surface area contributed by atoms with Gasteiger partial charge in [0.05, 0.1) is 18.2 Å². The summed E-state index contributed by atoms with van der Waals surface area (Å²) in [6, 6.07) is 4.45. The van der Waals surface area contributed by atoms with E-state index in [0.717, 1.165) is 17.2 Å². The molecule has 2 N–H and O–H groups in total. The smallest absolute Gasteiger partial charge is 0.123 e. The van der Waals surface area contributed by atoms with Crippen molar-refractivity contribution >= 4 is 5.82 Å². The van der Waals surface area contributed by atoms with Crippen LogP contribution < -0.4 is 5.73 Å². The summed E-state index contributed by atoms with van der Waals surface area (Å²) in [5.41, 5.74) is 7.82. The monoisotopic (exact) mass is 228 g/mol. The van der Waals surface area contributed by atoms with Gasteiger partial charge in [-0.2, -0.15) is 0 Å². The molecule has 17 heavy (non-hydrogen) atoms. The summed E-state index contributed by atoms with van der Waals surface area (Å²) < 4.78 is 2.27. The Morgan fingerprint density at radius 3 is 2.94 bits per heavy atom. The summed E-state index contributed by atoms with van der Waals surface area (Å²) in [5, 5.41) is 0. The molecule has 2 aromatic heterocycles. The van der Waals surface area contributed by atoms with Crippen LogP contribution in [0.1, 0.15) is 25.8 Å². The largest absolute Gasteiger partial charge is 0.384 e. The summed E-state index contributed by atoms with van der Waals surface area (Å²) in [6.45, 7) is 2.24. The Morgan fingerprint density at radius 2 is 2.29 bits per heavy atom. The van der Waals surface area contributed by atoms with E-state index in [2.05, 4.69) is 21.5 Å². The lowest BCUT2D eigenvalue weighted by atomic mass is 10.2. The maximum atomic E-state index is 5.60. The molecule has 2 unspecified atom stereocenters. The maximum Gasteiger partial charge on any atom is 0.123 e. The van der Waals surface area contributed by atoms with Crippen LogP contribution in [0.3, 0.4) is 0 Å². The third-order valence-electron chi connectivity index (χ3n) is 3.52. The lowest BCUT2D eigenvalue weighted by Crippen LogP contribution is -1.98. The molecule has 3 rings (SSSR count).